The largest absolute Gasteiger partial charge is 0.330 e. The molecule has 0 saturated heterocycles. The summed E-state index contributed by atoms with van der Waals surface area (Å²) in [6, 6.07) is 10.0. The molecule has 0 spiro atoms. The summed E-state index contributed by atoms with van der Waals surface area (Å²) in [7, 11) is 0. The quantitative estimate of drug-likeness (QED) is 0.673. The van der Waals surface area contributed by atoms with E-state index in [2.05, 4.69) is 10.6 Å². The molecule has 2 N–H and O–H groups in total. The van der Waals surface area contributed by atoms with Gasteiger partial charge in [-0.25, -0.2) is 0 Å². The van der Waals surface area contributed by atoms with Gasteiger partial charge in [0.25, 0.3) is 0 Å². The molecule has 0 aliphatic heterocycles. The minimum absolute atomic E-state index is 0.0927. The summed E-state index contributed by atoms with van der Waals surface area (Å²) in [4.78, 5) is 12.0. The Kier molecular flexibility index (Phi) is 6.50. The number of amides is 1. The van der Waals surface area contributed by atoms with Crippen LogP contribution in [0.1, 0.15) is 5.56 Å². The number of thiocarbonyl (C=S) groups is 1. The standard InChI is InChI=1S/C15H10Cl4N2OS/c16-9-3-1-8(2-4-9)5-13(22)20-15(23)21-14-11(18)6-10(17)7-12(14)19/h1-4,6-7H,5H2,(H2,20,21,22,23). The Morgan fingerprint density at radius 1 is 0.957 bits per heavy atom. The molecule has 1 amide bonds. The summed E-state index contributed by atoms with van der Waals surface area (Å²) in [5, 5.41) is 7.06. The molecule has 0 unspecified atom stereocenters. The number of carbonyl (C=O) groups is 1. The summed E-state index contributed by atoms with van der Waals surface area (Å²) in [5.74, 6) is -0.272. The van der Waals surface area contributed by atoms with E-state index in [0.29, 0.717) is 25.8 Å². The number of rotatable bonds is 3. The molecule has 0 aliphatic carbocycles. The van der Waals surface area contributed by atoms with Gasteiger partial charge in [-0.3, -0.25) is 4.79 Å². The fraction of sp³-hybridized carbons (Fsp3) is 0.0667. The maximum Gasteiger partial charge on any atom is 0.230 e. The van der Waals surface area contributed by atoms with Crippen LogP contribution < -0.4 is 10.6 Å². The van der Waals surface area contributed by atoms with Crippen molar-refractivity contribution in [2.75, 3.05) is 5.32 Å². The molecule has 2 aromatic carbocycles. The summed E-state index contributed by atoms with van der Waals surface area (Å²) >= 11 is 28.8. The second-order valence-corrected chi connectivity index (χ2v) is 6.65. The van der Waals surface area contributed by atoms with Crippen LogP contribution in [-0.4, -0.2) is 11.0 Å². The lowest BCUT2D eigenvalue weighted by Crippen LogP contribution is -2.35. The van der Waals surface area contributed by atoms with Crippen LogP contribution in [0.5, 0.6) is 0 Å². The third kappa shape index (κ3) is 5.52. The van der Waals surface area contributed by atoms with E-state index in [1.54, 1.807) is 24.3 Å². The van der Waals surface area contributed by atoms with Crippen molar-refractivity contribution in [1.82, 2.24) is 5.32 Å². The zero-order chi connectivity index (χ0) is 17.0. The van der Waals surface area contributed by atoms with Gasteiger partial charge in [-0.2, -0.15) is 0 Å². The van der Waals surface area contributed by atoms with Crippen LogP contribution in [0, 0.1) is 0 Å². The third-order valence-corrected chi connectivity index (χ3v) is 4.05. The van der Waals surface area contributed by atoms with Gasteiger partial charge in [-0.1, -0.05) is 58.5 Å². The second kappa shape index (κ2) is 8.18. The van der Waals surface area contributed by atoms with Gasteiger partial charge in [-0.05, 0) is 42.0 Å². The Hall–Kier alpha value is -1.04. The van der Waals surface area contributed by atoms with Crippen LogP contribution in [0.15, 0.2) is 36.4 Å². The van der Waals surface area contributed by atoms with Gasteiger partial charge < -0.3 is 10.6 Å². The summed E-state index contributed by atoms with van der Waals surface area (Å²) in [5.41, 5.74) is 1.20. The molecule has 23 heavy (non-hydrogen) atoms. The van der Waals surface area contributed by atoms with Crippen molar-refractivity contribution in [3.8, 4) is 0 Å². The molecule has 0 aromatic heterocycles. The Labute approximate surface area is 158 Å². The van der Waals surface area contributed by atoms with E-state index in [-0.39, 0.29) is 17.4 Å². The molecule has 2 rings (SSSR count). The number of anilines is 1. The molecular formula is C15H10Cl4N2OS. The Balaban J connectivity index is 1.97. The SMILES string of the molecule is O=C(Cc1ccc(Cl)cc1)NC(=S)Nc1c(Cl)cc(Cl)cc1Cl. The molecule has 3 nitrogen and oxygen atoms in total. The van der Waals surface area contributed by atoms with Gasteiger partial charge in [0.05, 0.1) is 22.2 Å². The van der Waals surface area contributed by atoms with E-state index in [4.69, 9.17) is 58.6 Å². The van der Waals surface area contributed by atoms with Crippen molar-refractivity contribution in [3.05, 3.63) is 62.1 Å². The zero-order valence-electron chi connectivity index (χ0n) is 11.5. The third-order valence-electron chi connectivity index (χ3n) is 2.78. The van der Waals surface area contributed by atoms with E-state index in [1.165, 1.54) is 12.1 Å². The Morgan fingerprint density at radius 2 is 1.52 bits per heavy atom. The first-order chi connectivity index (χ1) is 10.8. The van der Waals surface area contributed by atoms with Crippen LogP contribution in [0.2, 0.25) is 20.1 Å². The van der Waals surface area contributed by atoms with Crippen LogP contribution in [0.3, 0.4) is 0 Å². The highest BCUT2D eigenvalue weighted by molar-refractivity contribution is 7.80. The fourth-order valence-electron chi connectivity index (χ4n) is 1.76. The molecule has 0 heterocycles. The van der Waals surface area contributed by atoms with Crippen LogP contribution in [0.4, 0.5) is 5.69 Å². The predicted octanol–water partition coefficient (Wildman–Crippen LogP) is 5.36. The van der Waals surface area contributed by atoms with Gasteiger partial charge >= 0.3 is 0 Å². The first-order valence-electron chi connectivity index (χ1n) is 6.35. The average molecular weight is 408 g/mol. The maximum absolute atomic E-state index is 12.0. The molecule has 0 atom stereocenters. The van der Waals surface area contributed by atoms with Crippen molar-refractivity contribution in [1.29, 1.82) is 0 Å². The summed E-state index contributed by atoms with van der Waals surface area (Å²) in [6.45, 7) is 0. The van der Waals surface area contributed by atoms with Crippen molar-refractivity contribution in [2.45, 2.75) is 6.42 Å². The van der Waals surface area contributed by atoms with Crippen molar-refractivity contribution in [3.63, 3.8) is 0 Å². The van der Waals surface area contributed by atoms with Gasteiger partial charge in [0.15, 0.2) is 5.11 Å². The number of hydrogen-bond acceptors (Lipinski definition) is 2. The van der Waals surface area contributed by atoms with Crippen LogP contribution in [-0.2, 0) is 11.2 Å². The molecule has 0 bridgehead atoms. The van der Waals surface area contributed by atoms with Gasteiger partial charge in [0, 0.05) is 10.0 Å². The smallest absolute Gasteiger partial charge is 0.230 e. The number of benzene rings is 2. The van der Waals surface area contributed by atoms with Gasteiger partial charge in [0.2, 0.25) is 5.91 Å². The molecule has 0 radical (unpaired) electrons. The van der Waals surface area contributed by atoms with Crippen molar-refractivity contribution in [2.24, 2.45) is 0 Å². The van der Waals surface area contributed by atoms with E-state index in [1.807, 2.05) is 0 Å². The second-order valence-electron chi connectivity index (χ2n) is 4.55. The summed E-state index contributed by atoms with van der Waals surface area (Å²) in [6.07, 6.45) is 0.168. The predicted molar refractivity (Wildman–Crippen MR) is 101 cm³/mol. The lowest BCUT2D eigenvalue weighted by atomic mass is 10.1. The molecular weight excluding hydrogens is 398 g/mol. The topological polar surface area (TPSA) is 41.1 Å². The van der Waals surface area contributed by atoms with Gasteiger partial charge in [-0.15, -0.1) is 0 Å². The highest BCUT2D eigenvalue weighted by atomic mass is 35.5. The van der Waals surface area contributed by atoms with E-state index < -0.39 is 0 Å². The van der Waals surface area contributed by atoms with E-state index in [9.17, 15) is 4.79 Å². The minimum Gasteiger partial charge on any atom is -0.330 e. The number of nitrogens with one attached hydrogen (secondary N) is 2. The molecule has 0 fully saturated rings. The average Bonchev–Trinajstić information content (AvgIpc) is 2.45. The van der Waals surface area contributed by atoms with Crippen molar-refractivity contribution < 1.29 is 4.79 Å². The fourth-order valence-corrected chi connectivity index (χ4v) is 3.02. The maximum atomic E-state index is 12.0. The molecule has 2 aromatic rings. The highest BCUT2D eigenvalue weighted by Crippen LogP contribution is 2.33. The minimum atomic E-state index is -0.272. The Morgan fingerprint density at radius 3 is 2.09 bits per heavy atom. The first kappa shape index (κ1) is 18.3. The van der Waals surface area contributed by atoms with Gasteiger partial charge in [0.1, 0.15) is 0 Å². The number of carbonyl (C=O) groups excluding carboxylic acids is 1. The molecule has 0 aliphatic rings. The summed E-state index contributed by atoms with van der Waals surface area (Å²) < 4.78 is 0. The normalized spacial score (nSPS) is 10.3. The van der Waals surface area contributed by atoms with E-state index >= 15 is 0 Å². The van der Waals surface area contributed by atoms with Crippen LogP contribution in [0.25, 0.3) is 0 Å². The number of halogens is 4. The molecule has 0 saturated carbocycles. The lowest BCUT2D eigenvalue weighted by molar-refractivity contribution is -0.119. The monoisotopic (exact) mass is 406 g/mol. The first-order valence-corrected chi connectivity index (χ1v) is 8.27. The lowest BCUT2D eigenvalue weighted by Gasteiger charge is -2.12. The molecule has 120 valence electrons. The number of hydrogen-bond donors (Lipinski definition) is 2. The van der Waals surface area contributed by atoms with E-state index in [0.717, 1.165) is 5.56 Å². The van der Waals surface area contributed by atoms with Crippen molar-refractivity contribution >= 4 is 75.3 Å². The zero-order valence-corrected chi connectivity index (χ0v) is 15.3. The highest BCUT2D eigenvalue weighted by Gasteiger charge is 2.11. The molecule has 8 heteroatoms. The Bertz CT molecular complexity index is 727. The van der Waals surface area contributed by atoms with Crippen LogP contribution >= 0.6 is 58.6 Å².